The Bertz CT molecular complexity index is 528. The third-order valence-corrected chi connectivity index (χ3v) is 4.12. The number of ether oxygens (including phenoxy) is 1. The second-order valence-corrected chi connectivity index (χ2v) is 5.77. The van der Waals surface area contributed by atoms with Crippen LogP contribution in [-0.2, 0) is 20.7 Å². The maximum absolute atomic E-state index is 12.2. The Hall–Kier alpha value is -1.88. The maximum Gasteiger partial charge on any atom is 0.227 e. The Balaban J connectivity index is 1.84. The van der Waals surface area contributed by atoms with Crippen LogP contribution in [0.15, 0.2) is 24.3 Å². The first-order valence-electron chi connectivity index (χ1n) is 8.40. The Morgan fingerprint density at radius 2 is 2.04 bits per heavy atom. The highest BCUT2D eigenvalue weighted by molar-refractivity contribution is 6.00. The van der Waals surface area contributed by atoms with Gasteiger partial charge in [0.2, 0.25) is 11.8 Å². The van der Waals surface area contributed by atoms with Gasteiger partial charge >= 0.3 is 0 Å². The third kappa shape index (κ3) is 4.79. The van der Waals surface area contributed by atoms with Gasteiger partial charge in [0, 0.05) is 38.4 Å². The molecular formula is C18H26N2O3. The maximum atomic E-state index is 12.2. The molecule has 0 spiro atoms. The van der Waals surface area contributed by atoms with Crippen LogP contribution in [0.25, 0.3) is 0 Å². The fourth-order valence-electron chi connectivity index (χ4n) is 2.72. The van der Waals surface area contributed by atoms with E-state index in [1.54, 1.807) is 4.90 Å². The SMILES string of the molecule is CCOCCCNC(=O)[C@H]1CC(=O)N(c2ccc(CC)cc2)C1. The molecule has 1 fully saturated rings. The van der Waals surface area contributed by atoms with E-state index in [9.17, 15) is 9.59 Å². The molecule has 1 N–H and O–H groups in total. The van der Waals surface area contributed by atoms with Gasteiger partial charge < -0.3 is 15.0 Å². The molecule has 0 unspecified atom stereocenters. The minimum Gasteiger partial charge on any atom is -0.382 e. The molecule has 1 aromatic carbocycles. The van der Waals surface area contributed by atoms with Gasteiger partial charge in [0.05, 0.1) is 5.92 Å². The van der Waals surface area contributed by atoms with Crippen molar-refractivity contribution in [3.63, 3.8) is 0 Å². The van der Waals surface area contributed by atoms with E-state index in [1.165, 1.54) is 5.56 Å². The summed E-state index contributed by atoms with van der Waals surface area (Å²) in [5, 5.41) is 2.90. The highest BCUT2D eigenvalue weighted by Crippen LogP contribution is 2.25. The molecule has 23 heavy (non-hydrogen) atoms. The summed E-state index contributed by atoms with van der Waals surface area (Å²) in [7, 11) is 0. The summed E-state index contributed by atoms with van der Waals surface area (Å²) in [5.41, 5.74) is 2.11. The normalized spacial score (nSPS) is 17.6. The molecular weight excluding hydrogens is 292 g/mol. The van der Waals surface area contributed by atoms with E-state index in [4.69, 9.17) is 4.74 Å². The smallest absolute Gasteiger partial charge is 0.227 e. The van der Waals surface area contributed by atoms with Crippen molar-refractivity contribution < 1.29 is 14.3 Å². The molecule has 1 aromatic rings. The minimum absolute atomic E-state index is 0.0173. The number of carbonyl (C=O) groups excluding carboxylic acids is 2. The lowest BCUT2D eigenvalue weighted by Gasteiger charge is -2.17. The molecule has 1 atom stereocenters. The molecule has 5 nitrogen and oxygen atoms in total. The number of amides is 2. The number of aryl methyl sites for hydroxylation is 1. The highest BCUT2D eigenvalue weighted by atomic mass is 16.5. The topological polar surface area (TPSA) is 58.6 Å². The molecule has 0 aliphatic carbocycles. The second-order valence-electron chi connectivity index (χ2n) is 5.77. The van der Waals surface area contributed by atoms with Gasteiger partial charge in [-0.1, -0.05) is 19.1 Å². The van der Waals surface area contributed by atoms with Crippen molar-refractivity contribution in [2.75, 3.05) is 31.2 Å². The molecule has 2 amide bonds. The number of nitrogens with zero attached hydrogens (tertiary/aromatic N) is 1. The van der Waals surface area contributed by atoms with Gasteiger partial charge in [-0.3, -0.25) is 9.59 Å². The number of hydrogen-bond donors (Lipinski definition) is 1. The van der Waals surface area contributed by atoms with E-state index >= 15 is 0 Å². The molecule has 0 saturated carbocycles. The van der Waals surface area contributed by atoms with Crippen LogP contribution in [0.4, 0.5) is 5.69 Å². The van der Waals surface area contributed by atoms with E-state index in [1.807, 2.05) is 31.2 Å². The van der Waals surface area contributed by atoms with Crippen molar-refractivity contribution in [3.05, 3.63) is 29.8 Å². The Morgan fingerprint density at radius 1 is 1.30 bits per heavy atom. The fraction of sp³-hybridized carbons (Fsp3) is 0.556. The van der Waals surface area contributed by atoms with E-state index in [2.05, 4.69) is 12.2 Å². The highest BCUT2D eigenvalue weighted by Gasteiger charge is 2.34. The lowest BCUT2D eigenvalue weighted by Crippen LogP contribution is -2.33. The van der Waals surface area contributed by atoms with Crippen molar-refractivity contribution in [2.45, 2.75) is 33.1 Å². The first kappa shape index (κ1) is 17.5. The van der Waals surface area contributed by atoms with Crippen LogP contribution in [0, 0.1) is 5.92 Å². The number of benzene rings is 1. The zero-order valence-electron chi connectivity index (χ0n) is 14.0. The van der Waals surface area contributed by atoms with Crippen LogP contribution in [0.1, 0.15) is 32.3 Å². The van der Waals surface area contributed by atoms with Gasteiger partial charge in [0.25, 0.3) is 0 Å². The van der Waals surface area contributed by atoms with E-state index in [0.29, 0.717) is 26.3 Å². The fourth-order valence-corrected chi connectivity index (χ4v) is 2.72. The quantitative estimate of drug-likeness (QED) is 0.747. The van der Waals surface area contributed by atoms with Gasteiger partial charge in [0.15, 0.2) is 0 Å². The van der Waals surface area contributed by atoms with Crippen molar-refractivity contribution >= 4 is 17.5 Å². The summed E-state index contributed by atoms with van der Waals surface area (Å²) in [5.74, 6) is -0.285. The number of rotatable bonds is 8. The third-order valence-electron chi connectivity index (χ3n) is 4.12. The predicted octanol–water partition coefficient (Wildman–Crippen LogP) is 2.14. The van der Waals surface area contributed by atoms with Gasteiger partial charge in [-0.25, -0.2) is 0 Å². The monoisotopic (exact) mass is 318 g/mol. The average Bonchev–Trinajstić information content (AvgIpc) is 2.96. The van der Waals surface area contributed by atoms with Crippen molar-refractivity contribution in [1.82, 2.24) is 5.32 Å². The summed E-state index contributed by atoms with van der Waals surface area (Å²) in [6.07, 6.45) is 2.05. The number of anilines is 1. The summed E-state index contributed by atoms with van der Waals surface area (Å²) in [6, 6.07) is 7.98. The molecule has 1 saturated heterocycles. The Labute approximate surface area is 138 Å². The molecule has 0 bridgehead atoms. The number of carbonyl (C=O) groups is 2. The van der Waals surface area contributed by atoms with Crippen molar-refractivity contribution in [3.8, 4) is 0 Å². The lowest BCUT2D eigenvalue weighted by atomic mass is 10.1. The molecule has 1 aliphatic rings. The van der Waals surface area contributed by atoms with E-state index < -0.39 is 0 Å². The van der Waals surface area contributed by atoms with Gasteiger partial charge in [-0.05, 0) is 37.5 Å². The lowest BCUT2D eigenvalue weighted by molar-refractivity contribution is -0.126. The van der Waals surface area contributed by atoms with Gasteiger partial charge in [-0.15, -0.1) is 0 Å². The standard InChI is InChI=1S/C18H26N2O3/c1-3-14-6-8-16(9-7-14)20-13-15(12-17(20)21)18(22)19-10-5-11-23-4-2/h6-9,15H,3-5,10-13H2,1-2H3,(H,19,22)/t15-/m0/s1. The van der Waals surface area contributed by atoms with Crippen LogP contribution in [0.3, 0.4) is 0 Å². The van der Waals surface area contributed by atoms with Gasteiger partial charge in [0.1, 0.15) is 0 Å². The van der Waals surface area contributed by atoms with Crippen LogP contribution in [-0.4, -0.2) is 38.1 Å². The van der Waals surface area contributed by atoms with E-state index in [0.717, 1.165) is 18.5 Å². The number of hydrogen-bond acceptors (Lipinski definition) is 3. The Morgan fingerprint density at radius 3 is 2.70 bits per heavy atom. The number of nitrogens with one attached hydrogen (secondary N) is 1. The Kier molecular flexibility index (Phi) is 6.59. The molecule has 1 aliphatic heterocycles. The zero-order valence-corrected chi connectivity index (χ0v) is 14.0. The molecule has 0 radical (unpaired) electrons. The van der Waals surface area contributed by atoms with Crippen molar-refractivity contribution in [2.24, 2.45) is 5.92 Å². The molecule has 0 aromatic heterocycles. The first-order valence-corrected chi connectivity index (χ1v) is 8.40. The predicted molar refractivity (Wildman–Crippen MR) is 90.4 cm³/mol. The van der Waals surface area contributed by atoms with Crippen LogP contribution >= 0.6 is 0 Å². The average molecular weight is 318 g/mol. The van der Waals surface area contributed by atoms with Crippen molar-refractivity contribution in [1.29, 1.82) is 0 Å². The molecule has 126 valence electrons. The largest absolute Gasteiger partial charge is 0.382 e. The first-order chi connectivity index (χ1) is 11.2. The van der Waals surface area contributed by atoms with Crippen LogP contribution < -0.4 is 10.2 Å². The summed E-state index contributed by atoms with van der Waals surface area (Å²) in [6.45, 7) is 6.44. The second kappa shape index (κ2) is 8.67. The molecule has 1 heterocycles. The van der Waals surface area contributed by atoms with Gasteiger partial charge in [-0.2, -0.15) is 0 Å². The van der Waals surface area contributed by atoms with E-state index in [-0.39, 0.29) is 24.2 Å². The zero-order chi connectivity index (χ0) is 16.7. The molecule has 2 rings (SSSR count). The summed E-state index contributed by atoms with van der Waals surface area (Å²) >= 11 is 0. The summed E-state index contributed by atoms with van der Waals surface area (Å²) < 4.78 is 5.24. The van der Waals surface area contributed by atoms with Crippen LogP contribution in [0.2, 0.25) is 0 Å². The molecule has 5 heteroatoms. The minimum atomic E-state index is -0.263. The summed E-state index contributed by atoms with van der Waals surface area (Å²) in [4.78, 5) is 26.1. The van der Waals surface area contributed by atoms with Crippen LogP contribution in [0.5, 0.6) is 0 Å².